The van der Waals surface area contributed by atoms with Crippen molar-refractivity contribution in [2.45, 2.75) is 58.3 Å². The molecule has 6 heteroatoms. The van der Waals surface area contributed by atoms with Crippen molar-refractivity contribution in [3.05, 3.63) is 16.9 Å². The van der Waals surface area contributed by atoms with E-state index < -0.39 is 8.32 Å². The molecule has 3 N–H and O–H groups in total. The Bertz CT molecular complexity index is 498. The summed E-state index contributed by atoms with van der Waals surface area (Å²) in [4.78, 5) is 4.11. The molecule has 0 amide bonds. The van der Waals surface area contributed by atoms with Gasteiger partial charge in [0.05, 0.1) is 29.7 Å². The van der Waals surface area contributed by atoms with Crippen LogP contribution in [0.1, 0.15) is 34.6 Å². The second kappa shape index (κ2) is 6.26. The van der Waals surface area contributed by atoms with Gasteiger partial charge in [0.25, 0.3) is 0 Å². The second-order valence-electron chi connectivity index (χ2n) is 7.65. The van der Waals surface area contributed by atoms with Crippen LogP contribution in [0, 0.1) is 0 Å². The summed E-state index contributed by atoms with van der Waals surface area (Å²) in [5.41, 5.74) is 7.28. The van der Waals surface area contributed by atoms with Gasteiger partial charge < -0.3 is 15.5 Å². The summed E-state index contributed by atoms with van der Waals surface area (Å²) in [6.45, 7) is 16.2. The Morgan fingerprint density at radius 3 is 2.38 bits per heavy atom. The van der Waals surface area contributed by atoms with E-state index in [1.165, 1.54) is 0 Å². The molecule has 1 heterocycles. The number of nitrogen functional groups attached to an aromatic ring is 1. The Labute approximate surface area is 138 Å². The topological polar surface area (TPSA) is 60.2 Å². The first-order chi connectivity index (χ1) is 9.34. The van der Waals surface area contributed by atoms with E-state index in [1.54, 1.807) is 6.20 Å². The maximum Gasteiger partial charge on any atom is 0.192 e. The van der Waals surface area contributed by atoms with Crippen molar-refractivity contribution in [1.29, 1.82) is 0 Å². The highest BCUT2D eigenvalue weighted by atomic mass is 79.9. The number of anilines is 2. The minimum atomic E-state index is -1.75. The van der Waals surface area contributed by atoms with E-state index in [1.807, 2.05) is 6.07 Å². The summed E-state index contributed by atoms with van der Waals surface area (Å²) in [6.07, 6.45) is 1.65. The first-order valence-electron chi connectivity index (χ1n) is 7.17. The zero-order valence-corrected chi connectivity index (χ0v) is 16.8. The van der Waals surface area contributed by atoms with Crippen LogP contribution in [0.2, 0.25) is 18.1 Å². The minimum Gasteiger partial charge on any atom is -0.414 e. The van der Waals surface area contributed by atoms with E-state index in [0.29, 0.717) is 12.3 Å². The van der Waals surface area contributed by atoms with E-state index in [-0.39, 0.29) is 10.6 Å². The van der Waals surface area contributed by atoms with E-state index in [2.05, 4.69) is 73.9 Å². The molecular weight excluding hydrogens is 346 g/mol. The lowest BCUT2D eigenvalue weighted by atomic mass is 10.1. The third-order valence-corrected chi connectivity index (χ3v) is 8.89. The molecule has 0 unspecified atom stereocenters. The van der Waals surface area contributed by atoms with Gasteiger partial charge in [0.1, 0.15) is 4.60 Å². The molecule has 0 bridgehead atoms. The first kappa shape index (κ1) is 18.5. The van der Waals surface area contributed by atoms with Crippen molar-refractivity contribution < 1.29 is 4.43 Å². The monoisotopic (exact) mass is 373 g/mol. The third-order valence-electron chi connectivity index (χ3n) is 3.97. The molecule has 120 valence electrons. The summed E-state index contributed by atoms with van der Waals surface area (Å²) in [5.74, 6) is 0. The van der Waals surface area contributed by atoms with Crippen LogP contribution >= 0.6 is 15.9 Å². The van der Waals surface area contributed by atoms with Gasteiger partial charge >= 0.3 is 0 Å². The Kier molecular flexibility index (Phi) is 5.50. The van der Waals surface area contributed by atoms with Gasteiger partial charge in [0.2, 0.25) is 0 Å². The van der Waals surface area contributed by atoms with Gasteiger partial charge in [0.15, 0.2) is 8.32 Å². The van der Waals surface area contributed by atoms with E-state index in [4.69, 9.17) is 10.2 Å². The standard InChI is InChI=1S/C15H28BrN3OSi/c1-14(2,3)21(6,7)20-10-15(4,5)19-12-8-13(16)18-9-11(12)17/h8-9H,10,17H2,1-7H3,(H,18,19). The quantitative estimate of drug-likeness (QED) is 0.582. The molecule has 0 aliphatic rings. The predicted octanol–water partition coefficient (Wildman–Crippen LogP) is 4.64. The van der Waals surface area contributed by atoms with Crippen LogP contribution in [0.25, 0.3) is 0 Å². The van der Waals surface area contributed by atoms with Gasteiger partial charge in [-0.3, -0.25) is 0 Å². The summed E-state index contributed by atoms with van der Waals surface area (Å²) in [6, 6.07) is 1.89. The number of hydrogen-bond donors (Lipinski definition) is 2. The zero-order chi connectivity index (χ0) is 16.5. The van der Waals surface area contributed by atoms with Crippen LogP contribution in [0.15, 0.2) is 16.9 Å². The fourth-order valence-corrected chi connectivity index (χ4v) is 3.01. The van der Waals surface area contributed by atoms with Crippen LogP contribution < -0.4 is 11.1 Å². The van der Waals surface area contributed by atoms with Crippen LogP contribution in [0.3, 0.4) is 0 Å². The van der Waals surface area contributed by atoms with Crippen molar-refractivity contribution in [3.63, 3.8) is 0 Å². The Morgan fingerprint density at radius 2 is 1.86 bits per heavy atom. The van der Waals surface area contributed by atoms with Crippen molar-refractivity contribution in [2.75, 3.05) is 17.7 Å². The molecule has 1 aromatic rings. The zero-order valence-electron chi connectivity index (χ0n) is 14.2. The average molecular weight is 374 g/mol. The normalized spacial score (nSPS) is 13.3. The van der Waals surface area contributed by atoms with Gasteiger partial charge in [-0.15, -0.1) is 0 Å². The molecule has 1 aromatic heterocycles. The molecule has 0 spiro atoms. The largest absolute Gasteiger partial charge is 0.414 e. The highest BCUT2D eigenvalue weighted by Gasteiger charge is 2.38. The van der Waals surface area contributed by atoms with Crippen LogP contribution in [0.4, 0.5) is 11.4 Å². The molecule has 0 aliphatic carbocycles. The maximum atomic E-state index is 6.31. The van der Waals surface area contributed by atoms with Crippen LogP contribution in [-0.2, 0) is 4.43 Å². The molecule has 21 heavy (non-hydrogen) atoms. The fourth-order valence-electron chi connectivity index (χ4n) is 1.53. The lowest BCUT2D eigenvalue weighted by Gasteiger charge is -2.39. The van der Waals surface area contributed by atoms with Crippen molar-refractivity contribution in [1.82, 2.24) is 4.98 Å². The van der Waals surface area contributed by atoms with Gasteiger partial charge in [-0.05, 0) is 54.0 Å². The van der Waals surface area contributed by atoms with Crippen molar-refractivity contribution >= 4 is 35.6 Å². The fraction of sp³-hybridized carbons (Fsp3) is 0.667. The molecule has 0 aliphatic heterocycles. The molecule has 0 atom stereocenters. The highest BCUT2D eigenvalue weighted by molar-refractivity contribution is 9.10. The Morgan fingerprint density at radius 1 is 1.29 bits per heavy atom. The molecule has 0 saturated carbocycles. The highest BCUT2D eigenvalue weighted by Crippen LogP contribution is 2.37. The van der Waals surface area contributed by atoms with Crippen molar-refractivity contribution in [2.24, 2.45) is 0 Å². The number of hydrogen-bond acceptors (Lipinski definition) is 4. The number of nitrogens with two attached hydrogens (primary N) is 1. The summed E-state index contributed by atoms with van der Waals surface area (Å²) < 4.78 is 7.07. The van der Waals surface area contributed by atoms with Gasteiger partial charge in [-0.1, -0.05) is 20.8 Å². The summed E-state index contributed by atoms with van der Waals surface area (Å²) in [7, 11) is -1.75. The lowest BCUT2D eigenvalue weighted by molar-refractivity contribution is 0.234. The molecule has 4 nitrogen and oxygen atoms in total. The summed E-state index contributed by atoms with van der Waals surface area (Å²) >= 11 is 3.37. The molecule has 0 saturated heterocycles. The number of halogens is 1. The number of nitrogens with one attached hydrogen (secondary N) is 1. The first-order valence-corrected chi connectivity index (χ1v) is 10.9. The Hall–Kier alpha value is -0.593. The van der Waals surface area contributed by atoms with E-state index >= 15 is 0 Å². The van der Waals surface area contributed by atoms with Gasteiger partial charge in [0, 0.05) is 0 Å². The second-order valence-corrected chi connectivity index (χ2v) is 13.3. The smallest absolute Gasteiger partial charge is 0.192 e. The van der Waals surface area contributed by atoms with Crippen molar-refractivity contribution in [3.8, 4) is 0 Å². The number of rotatable bonds is 5. The number of pyridine rings is 1. The predicted molar refractivity (Wildman–Crippen MR) is 97.2 cm³/mol. The van der Waals surface area contributed by atoms with E-state index in [0.717, 1.165) is 10.3 Å². The molecule has 0 fully saturated rings. The maximum absolute atomic E-state index is 6.31. The van der Waals surface area contributed by atoms with E-state index in [9.17, 15) is 0 Å². The Balaban J connectivity index is 2.76. The lowest BCUT2D eigenvalue weighted by Crippen LogP contribution is -2.46. The number of nitrogens with zero attached hydrogens (tertiary/aromatic N) is 1. The summed E-state index contributed by atoms with van der Waals surface area (Å²) in [5, 5.41) is 3.66. The minimum absolute atomic E-state index is 0.204. The van der Waals surface area contributed by atoms with Gasteiger partial charge in [-0.2, -0.15) is 0 Å². The SMILES string of the molecule is CC(C)(CO[Si](C)(C)C(C)(C)C)Nc1cc(Br)ncc1N. The molecule has 1 rings (SSSR count). The molecular formula is C15H28BrN3OSi. The average Bonchev–Trinajstić information content (AvgIpc) is 2.30. The third kappa shape index (κ3) is 5.27. The molecule has 0 radical (unpaired) electrons. The van der Waals surface area contributed by atoms with Crippen LogP contribution in [0.5, 0.6) is 0 Å². The van der Waals surface area contributed by atoms with Gasteiger partial charge in [-0.25, -0.2) is 4.98 Å². The molecule has 0 aromatic carbocycles. The number of aromatic nitrogens is 1. The van der Waals surface area contributed by atoms with Crippen LogP contribution in [-0.4, -0.2) is 25.4 Å².